The highest BCUT2D eigenvalue weighted by atomic mass is 32.2. The molecule has 0 aromatic carbocycles. The van der Waals surface area contributed by atoms with Gasteiger partial charge in [-0.3, -0.25) is 4.79 Å². The lowest BCUT2D eigenvalue weighted by Crippen LogP contribution is -2.49. The summed E-state index contributed by atoms with van der Waals surface area (Å²) in [6.07, 6.45) is 6.33. The molecule has 2 aliphatic rings. The molecule has 1 aliphatic carbocycles. The first-order valence-corrected chi connectivity index (χ1v) is 9.22. The van der Waals surface area contributed by atoms with Gasteiger partial charge >= 0.3 is 0 Å². The molecule has 0 bridgehead atoms. The zero-order valence-corrected chi connectivity index (χ0v) is 14.4. The van der Waals surface area contributed by atoms with E-state index in [1.54, 1.807) is 11.8 Å². The predicted molar refractivity (Wildman–Crippen MR) is 89.3 cm³/mol. The molecule has 1 aliphatic heterocycles. The Kier molecular flexibility index (Phi) is 4.57. The van der Waals surface area contributed by atoms with Gasteiger partial charge in [0, 0.05) is 43.9 Å². The largest absolute Gasteiger partial charge is 0.354 e. The summed E-state index contributed by atoms with van der Waals surface area (Å²) in [6, 6.07) is 2.35. The number of hydrogen-bond acceptors (Lipinski definition) is 5. The molecular formula is C16H24N4OS. The Labute approximate surface area is 136 Å². The molecule has 0 N–H and O–H groups in total. The molecule has 1 aromatic heterocycles. The van der Waals surface area contributed by atoms with Crippen molar-refractivity contribution in [2.24, 2.45) is 5.92 Å². The van der Waals surface area contributed by atoms with Crippen LogP contribution in [0.4, 0.5) is 5.82 Å². The van der Waals surface area contributed by atoms with Gasteiger partial charge in [0.2, 0.25) is 5.91 Å². The molecule has 2 heterocycles. The molecule has 120 valence electrons. The van der Waals surface area contributed by atoms with Crippen molar-refractivity contribution in [3.8, 4) is 0 Å². The lowest BCUT2D eigenvalue weighted by atomic mass is 10.0. The summed E-state index contributed by atoms with van der Waals surface area (Å²) in [5, 5.41) is 0.819. The lowest BCUT2D eigenvalue weighted by Gasteiger charge is -2.38. The number of aryl methyl sites for hydroxylation is 1. The van der Waals surface area contributed by atoms with Crippen LogP contribution in [0.2, 0.25) is 0 Å². The number of carbonyl (C=O) groups is 1. The Bertz CT molecular complexity index is 561. The van der Waals surface area contributed by atoms with Gasteiger partial charge in [0.15, 0.2) is 5.16 Å². The van der Waals surface area contributed by atoms with Gasteiger partial charge < -0.3 is 9.80 Å². The fourth-order valence-corrected chi connectivity index (χ4v) is 3.48. The van der Waals surface area contributed by atoms with E-state index >= 15 is 0 Å². The molecule has 0 radical (unpaired) electrons. The van der Waals surface area contributed by atoms with E-state index < -0.39 is 0 Å². The molecular weight excluding hydrogens is 296 g/mol. The molecule has 6 heteroatoms. The zero-order chi connectivity index (χ0) is 15.7. The molecule has 1 atom stereocenters. The minimum atomic E-state index is 0.296. The molecule has 1 saturated carbocycles. The van der Waals surface area contributed by atoms with Gasteiger partial charge in [-0.05, 0) is 38.9 Å². The molecule has 1 unspecified atom stereocenters. The van der Waals surface area contributed by atoms with Crippen molar-refractivity contribution in [3.05, 3.63) is 11.8 Å². The van der Waals surface area contributed by atoms with Crippen LogP contribution in [-0.4, -0.2) is 53.2 Å². The zero-order valence-electron chi connectivity index (χ0n) is 13.6. The number of amides is 1. The second-order valence-corrected chi connectivity index (χ2v) is 7.09. The maximum Gasteiger partial charge on any atom is 0.225 e. The first-order valence-electron chi connectivity index (χ1n) is 8.00. The summed E-state index contributed by atoms with van der Waals surface area (Å²) in [6.45, 7) is 3.89. The van der Waals surface area contributed by atoms with Gasteiger partial charge in [0.05, 0.1) is 0 Å². The van der Waals surface area contributed by atoms with Gasteiger partial charge in [-0.15, -0.1) is 0 Å². The molecule has 1 amide bonds. The maximum atomic E-state index is 12.3. The molecule has 2 fully saturated rings. The Hall–Kier alpha value is -1.30. The Morgan fingerprint density at radius 2 is 2.14 bits per heavy atom. The van der Waals surface area contributed by atoms with Crippen molar-refractivity contribution in [2.45, 2.75) is 43.8 Å². The van der Waals surface area contributed by atoms with Gasteiger partial charge in [0.1, 0.15) is 5.82 Å². The van der Waals surface area contributed by atoms with E-state index in [9.17, 15) is 4.79 Å². The van der Waals surface area contributed by atoms with E-state index in [2.05, 4.69) is 14.9 Å². The minimum absolute atomic E-state index is 0.296. The number of piperidine rings is 1. The molecule has 0 spiro atoms. The molecule has 22 heavy (non-hydrogen) atoms. The predicted octanol–water partition coefficient (Wildman–Crippen LogP) is 2.34. The SMILES string of the molecule is CSc1nc(C)cc(N2CCCC(N(C)C(=O)C3CC3)C2)n1. The topological polar surface area (TPSA) is 49.3 Å². The van der Waals surface area contributed by atoms with E-state index in [-0.39, 0.29) is 0 Å². The number of nitrogens with zero attached hydrogens (tertiary/aromatic N) is 4. The highest BCUT2D eigenvalue weighted by molar-refractivity contribution is 7.98. The minimum Gasteiger partial charge on any atom is -0.354 e. The van der Waals surface area contributed by atoms with Crippen LogP contribution in [0, 0.1) is 12.8 Å². The molecule has 1 saturated heterocycles. The van der Waals surface area contributed by atoms with Crippen LogP contribution in [0.25, 0.3) is 0 Å². The standard InChI is InChI=1S/C16H24N4OS/c1-11-9-14(18-16(17-11)22-3)20-8-4-5-13(10-20)19(2)15(21)12-6-7-12/h9,12-13H,4-8,10H2,1-3H3. The number of aromatic nitrogens is 2. The van der Waals surface area contributed by atoms with E-state index in [4.69, 9.17) is 0 Å². The van der Waals surface area contributed by atoms with Gasteiger partial charge in [-0.1, -0.05) is 11.8 Å². The van der Waals surface area contributed by atoms with Crippen LogP contribution in [0.1, 0.15) is 31.4 Å². The smallest absolute Gasteiger partial charge is 0.225 e. The third-order valence-electron chi connectivity index (χ3n) is 4.55. The number of likely N-dealkylation sites (N-methyl/N-ethyl adjacent to an activating group) is 1. The van der Waals surface area contributed by atoms with Crippen LogP contribution in [0.15, 0.2) is 11.2 Å². The number of hydrogen-bond donors (Lipinski definition) is 0. The highest BCUT2D eigenvalue weighted by Crippen LogP contribution is 2.32. The first-order chi connectivity index (χ1) is 10.6. The third kappa shape index (κ3) is 3.37. The monoisotopic (exact) mass is 320 g/mol. The Balaban J connectivity index is 1.72. The van der Waals surface area contributed by atoms with E-state index in [1.807, 2.05) is 31.2 Å². The number of carbonyl (C=O) groups excluding carboxylic acids is 1. The van der Waals surface area contributed by atoms with Crippen LogP contribution in [-0.2, 0) is 4.79 Å². The number of rotatable bonds is 4. The summed E-state index contributed by atoms with van der Waals surface area (Å²) >= 11 is 1.57. The average molecular weight is 320 g/mol. The second kappa shape index (κ2) is 6.44. The van der Waals surface area contributed by atoms with Crippen LogP contribution in [0.3, 0.4) is 0 Å². The van der Waals surface area contributed by atoms with Gasteiger partial charge in [-0.25, -0.2) is 9.97 Å². The molecule has 1 aromatic rings. The maximum absolute atomic E-state index is 12.3. The summed E-state index contributed by atoms with van der Waals surface area (Å²) in [5.41, 5.74) is 0.999. The second-order valence-electron chi connectivity index (χ2n) is 6.32. The summed E-state index contributed by atoms with van der Waals surface area (Å²) in [4.78, 5) is 25.6. The molecule has 3 rings (SSSR count). The van der Waals surface area contributed by atoms with Gasteiger partial charge in [0.25, 0.3) is 0 Å². The molecule has 5 nitrogen and oxygen atoms in total. The van der Waals surface area contributed by atoms with Crippen molar-refractivity contribution in [1.29, 1.82) is 0 Å². The van der Waals surface area contributed by atoms with Crippen LogP contribution in [0.5, 0.6) is 0 Å². The van der Waals surface area contributed by atoms with Crippen LogP contribution >= 0.6 is 11.8 Å². The summed E-state index contributed by atoms with van der Waals surface area (Å²) < 4.78 is 0. The van der Waals surface area contributed by atoms with Crippen molar-refractivity contribution in [2.75, 3.05) is 31.3 Å². The van der Waals surface area contributed by atoms with E-state index in [0.717, 1.165) is 55.4 Å². The van der Waals surface area contributed by atoms with Crippen LogP contribution < -0.4 is 4.90 Å². The Morgan fingerprint density at radius 1 is 1.36 bits per heavy atom. The van der Waals surface area contributed by atoms with E-state index in [1.165, 1.54) is 0 Å². The quantitative estimate of drug-likeness (QED) is 0.629. The fraction of sp³-hybridized carbons (Fsp3) is 0.688. The average Bonchev–Trinajstić information content (AvgIpc) is 3.38. The van der Waals surface area contributed by atoms with Crippen molar-refractivity contribution in [3.63, 3.8) is 0 Å². The van der Waals surface area contributed by atoms with Crippen molar-refractivity contribution >= 4 is 23.5 Å². The summed E-state index contributed by atoms with van der Waals surface area (Å²) in [7, 11) is 1.97. The number of anilines is 1. The fourth-order valence-electron chi connectivity index (χ4n) is 3.06. The van der Waals surface area contributed by atoms with Gasteiger partial charge in [-0.2, -0.15) is 0 Å². The lowest BCUT2D eigenvalue weighted by molar-refractivity contribution is -0.133. The van der Waals surface area contributed by atoms with Crippen molar-refractivity contribution in [1.82, 2.24) is 14.9 Å². The normalized spacial score (nSPS) is 21.8. The highest BCUT2D eigenvalue weighted by Gasteiger charge is 2.36. The van der Waals surface area contributed by atoms with E-state index in [0.29, 0.717) is 17.9 Å². The third-order valence-corrected chi connectivity index (χ3v) is 5.09. The Morgan fingerprint density at radius 3 is 2.82 bits per heavy atom. The first kappa shape index (κ1) is 15.6. The summed E-state index contributed by atoms with van der Waals surface area (Å²) in [5.74, 6) is 1.62. The number of thioether (sulfide) groups is 1. The van der Waals surface area contributed by atoms with Crippen molar-refractivity contribution < 1.29 is 4.79 Å².